The van der Waals surface area contributed by atoms with Gasteiger partial charge in [-0.15, -0.1) is 11.3 Å². The molecular weight excluding hydrogens is 298 g/mol. The Morgan fingerprint density at radius 2 is 2.15 bits per heavy atom. The van der Waals surface area contributed by atoms with E-state index in [2.05, 4.69) is 14.9 Å². The third kappa shape index (κ3) is 2.56. The van der Waals surface area contributed by atoms with E-state index in [-0.39, 0.29) is 10.0 Å². The standard InChI is InChI=1S/C12H9N3O3S2/c16-20(17,12-4-2-6-19-12)15-11-7-10(18-14-11)9-3-1-5-13-8-9/h1-8H,(H,14,15). The first kappa shape index (κ1) is 12.8. The van der Waals surface area contributed by atoms with Crippen LogP contribution >= 0.6 is 11.3 Å². The molecule has 0 radical (unpaired) electrons. The van der Waals surface area contributed by atoms with Crippen molar-refractivity contribution < 1.29 is 12.9 Å². The van der Waals surface area contributed by atoms with Crippen LogP contribution in [0.3, 0.4) is 0 Å². The molecule has 8 heteroatoms. The SMILES string of the molecule is O=S(=O)(Nc1cc(-c2cccnc2)on1)c1cccs1. The van der Waals surface area contributed by atoms with Crippen molar-refractivity contribution in [2.24, 2.45) is 0 Å². The molecule has 0 unspecified atom stereocenters. The maximum absolute atomic E-state index is 12.0. The average Bonchev–Trinajstić information content (AvgIpc) is 3.10. The Balaban J connectivity index is 1.85. The summed E-state index contributed by atoms with van der Waals surface area (Å²) >= 11 is 1.13. The van der Waals surface area contributed by atoms with Crippen molar-refractivity contribution in [1.82, 2.24) is 10.1 Å². The molecule has 0 saturated heterocycles. The number of sulfonamides is 1. The third-order valence-electron chi connectivity index (χ3n) is 2.46. The van der Waals surface area contributed by atoms with Gasteiger partial charge in [0.1, 0.15) is 4.21 Å². The first-order valence-electron chi connectivity index (χ1n) is 5.58. The summed E-state index contributed by atoms with van der Waals surface area (Å²) in [7, 11) is -3.61. The maximum atomic E-state index is 12.0. The number of nitrogens with zero attached hydrogens (tertiary/aromatic N) is 2. The van der Waals surface area contributed by atoms with Crippen LogP contribution < -0.4 is 4.72 Å². The molecular formula is C12H9N3O3S2. The third-order valence-corrected chi connectivity index (χ3v) is 5.21. The molecule has 0 aromatic carbocycles. The number of pyridine rings is 1. The van der Waals surface area contributed by atoms with Crippen LogP contribution in [0.4, 0.5) is 5.82 Å². The van der Waals surface area contributed by atoms with E-state index in [0.717, 1.165) is 16.9 Å². The lowest BCUT2D eigenvalue weighted by Crippen LogP contribution is -2.11. The Morgan fingerprint density at radius 1 is 1.25 bits per heavy atom. The van der Waals surface area contributed by atoms with E-state index in [4.69, 9.17) is 4.52 Å². The second kappa shape index (κ2) is 5.06. The zero-order chi connectivity index (χ0) is 14.0. The molecule has 0 atom stereocenters. The molecule has 1 N–H and O–H groups in total. The number of thiophene rings is 1. The summed E-state index contributed by atoms with van der Waals surface area (Å²) in [6.07, 6.45) is 3.25. The van der Waals surface area contributed by atoms with Gasteiger partial charge in [-0.25, -0.2) is 8.42 Å². The van der Waals surface area contributed by atoms with E-state index < -0.39 is 10.0 Å². The second-order valence-corrected chi connectivity index (χ2v) is 6.71. The van der Waals surface area contributed by atoms with Crippen LogP contribution in [0.25, 0.3) is 11.3 Å². The first-order valence-corrected chi connectivity index (χ1v) is 7.95. The molecule has 3 aromatic rings. The molecule has 20 heavy (non-hydrogen) atoms. The lowest BCUT2D eigenvalue weighted by molar-refractivity contribution is 0.435. The van der Waals surface area contributed by atoms with Gasteiger partial charge in [0.05, 0.1) is 0 Å². The highest BCUT2D eigenvalue weighted by Crippen LogP contribution is 2.24. The van der Waals surface area contributed by atoms with E-state index >= 15 is 0 Å². The number of anilines is 1. The Kier molecular flexibility index (Phi) is 3.25. The monoisotopic (exact) mass is 307 g/mol. The molecule has 0 spiro atoms. The predicted molar refractivity (Wildman–Crippen MR) is 74.9 cm³/mol. The van der Waals surface area contributed by atoms with E-state index in [1.165, 1.54) is 12.1 Å². The highest BCUT2D eigenvalue weighted by Gasteiger charge is 2.17. The van der Waals surface area contributed by atoms with Crippen LogP contribution in [0.1, 0.15) is 0 Å². The number of hydrogen-bond acceptors (Lipinski definition) is 6. The van der Waals surface area contributed by atoms with E-state index in [1.807, 2.05) is 0 Å². The molecule has 3 rings (SSSR count). The zero-order valence-electron chi connectivity index (χ0n) is 10.1. The molecule has 0 amide bonds. The number of aromatic nitrogens is 2. The van der Waals surface area contributed by atoms with Crippen molar-refractivity contribution in [1.29, 1.82) is 0 Å². The minimum Gasteiger partial charge on any atom is -0.354 e. The highest BCUT2D eigenvalue weighted by molar-refractivity contribution is 7.94. The summed E-state index contributed by atoms with van der Waals surface area (Å²) in [6, 6.07) is 8.26. The van der Waals surface area contributed by atoms with Gasteiger partial charge in [0.2, 0.25) is 0 Å². The minimum atomic E-state index is -3.61. The van der Waals surface area contributed by atoms with Gasteiger partial charge in [-0.05, 0) is 23.6 Å². The van der Waals surface area contributed by atoms with Gasteiger partial charge in [-0.2, -0.15) is 0 Å². The fourth-order valence-corrected chi connectivity index (χ4v) is 3.55. The van der Waals surface area contributed by atoms with Gasteiger partial charge >= 0.3 is 0 Å². The van der Waals surface area contributed by atoms with Crippen LogP contribution in [0, 0.1) is 0 Å². The van der Waals surface area contributed by atoms with Crippen molar-refractivity contribution >= 4 is 27.2 Å². The summed E-state index contributed by atoms with van der Waals surface area (Å²) in [4.78, 5) is 3.96. The van der Waals surface area contributed by atoms with E-state index in [0.29, 0.717) is 5.76 Å². The first-order chi connectivity index (χ1) is 9.65. The molecule has 102 valence electrons. The fraction of sp³-hybridized carbons (Fsp3) is 0. The van der Waals surface area contributed by atoms with Crippen LogP contribution in [0.15, 0.2) is 56.8 Å². The summed E-state index contributed by atoms with van der Waals surface area (Å²) in [5, 5.41) is 5.39. The molecule has 0 aliphatic rings. The number of rotatable bonds is 4. The van der Waals surface area contributed by atoms with Crippen molar-refractivity contribution in [3.63, 3.8) is 0 Å². The number of hydrogen-bond donors (Lipinski definition) is 1. The Bertz CT molecular complexity index is 796. The molecule has 0 bridgehead atoms. The largest absolute Gasteiger partial charge is 0.354 e. The molecule has 0 fully saturated rings. The van der Waals surface area contributed by atoms with Crippen molar-refractivity contribution in [3.05, 3.63) is 48.1 Å². The summed E-state index contributed by atoms with van der Waals surface area (Å²) in [6.45, 7) is 0. The van der Waals surface area contributed by atoms with Crippen LogP contribution in [-0.2, 0) is 10.0 Å². The summed E-state index contributed by atoms with van der Waals surface area (Å²) in [5.74, 6) is 0.583. The molecule has 0 saturated carbocycles. The molecule has 0 aliphatic heterocycles. The van der Waals surface area contributed by atoms with Gasteiger partial charge in [0.25, 0.3) is 10.0 Å². The lowest BCUT2D eigenvalue weighted by Gasteiger charge is -2.00. The Hall–Kier alpha value is -2.19. The van der Waals surface area contributed by atoms with Gasteiger partial charge in [-0.1, -0.05) is 11.2 Å². The van der Waals surface area contributed by atoms with Crippen LogP contribution in [0.5, 0.6) is 0 Å². The molecule has 3 heterocycles. The quantitative estimate of drug-likeness (QED) is 0.800. The van der Waals surface area contributed by atoms with Gasteiger partial charge in [-0.3, -0.25) is 9.71 Å². The number of nitrogens with one attached hydrogen (secondary N) is 1. The topological polar surface area (TPSA) is 85.1 Å². The normalized spacial score (nSPS) is 11.4. The van der Waals surface area contributed by atoms with Crippen LogP contribution in [-0.4, -0.2) is 18.6 Å². The fourth-order valence-electron chi connectivity index (χ4n) is 1.57. The van der Waals surface area contributed by atoms with Crippen LogP contribution in [0.2, 0.25) is 0 Å². The second-order valence-electron chi connectivity index (χ2n) is 3.86. The predicted octanol–water partition coefficient (Wildman–Crippen LogP) is 2.60. The Labute approximate surface area is 119 Å². The summed E-state index contributed by atoms with van der Waals surface area (Å²) in [5.41, 5.74) is 0.724. The summed E-state index contributed by atoms with van der Waals surface area (Å²) < 4.78 is 31.7. The zero-order valence-corrected chi connectivity index (χ0v) is 11.7. The Morgan fingerprint density at radius 3 is 2.85 bits per heavy atom. The van der Waals surface area contributed by atoms with Crippen molar-refractivity contribution in [3.8, 4) is 11.3 Å². The van der Waals surface area contributed by atoms with E-state index in [1.54, 1.807) is 36.0 Å². The van der Waals surface area contributed by atoms with Gasteiger partial charge in [0.15, 0.2) is 11.6 Å². The highest BCUT2D eigenvalue weighted by atomic mass is 32.2. The average molecular weight is 307 g/mol. The van der Waals surface area contributed by atoms with Gasteiger partial charge < -0.3 is 4.52 Å². The smallest absolute Gasteiger partial charge is 0.272 e. The maximum Gasteiger partial charge on any atom is 0.272 e. The molecule has 6 nitrogen and oxygen atoms in total. The van der Waals surface area contributed by atoms with Crippen molar-refractivity contribution in [2.45, 2.75) is 4.21 Å². The lowest BCUT2D eigenvalue weighted by atomic mass is 10.2. The van der Waals surface area contributed by atoms with Crippen molar-refractivity contribution in [2.75, 3.05) is 4.72 Å². The van der Waals surface area contributed by atoms with Gasteiger partial charge in [0, 0.05) is 24.0 Å². The molecule has 3 aromatic heterocycles. The van der Waals surface area contributed by atoms with E-state index in [9.17, 15) is 8.42 Å². The minimum absolute atomic E-state index is 0.136. The molecule has 0 aliphatic carbocycles.